The van der Waals surface area contributed by atoms with Crippen LogP contribution < -0.4 is 5.32 Å². The lowest BCUT2D eigenvalue weighted by molar-refractivity contribution is -0.142. The van der Waals surface area contributed by atoms with Gasteiger partial charge in [-0.2, -0.15) is 0 Å². The number of piperidine rings is 1. The van der Waals surface area contributed by atoms with Gasteiger partial charge >= 0.3 is 0 Å². The molecule has 140 valence electrons. The standard InChI is InChI=1S/C20H26N2O4/c1-13(2)11-15(21-19(24)14-7-4-3-5-8-14)20(25)22-10-6-9-17-18(22)16(23)12-26-17/h3-5,7-8,13,15,17-18H,6,9-12H2,1-2H3,(H,21,24)/t15?,17-,18-/m1/s1. The Balaban J connectivity index is 1.77. The van der Waals surface area contributed by atoms with E-state index in [0.717, 1.165) is 12.8 Å². The number of ether oxygens (including phenoxy) is 1. The molecule has 0 radical (unpaired) electrons. The third-order valence-corrected chi connectivity index (χ3v) is 4.97. The number of rotatable bonds is 5. The van der Waals surface area contributed by atoms with E-state index in [9.17, 15) is 14.4 Å². The molecule has 0 saturated carbocycles. The summed E-state index contributed by atoms with van der Waals surface area (Å²) in [5.41, 5.74) is 0.519. The van der Waals surface area contributed by atoms with Crippen molar-refractivity contribution in [3.63, 3.8) is 0 Å². The predicted octanol–water partition coefficient (Wildman–Crippen LogP) is 1.79. The molecule has 2 aliphatic rings. The molecule has 1 N–H and O–H groups in total. The number of carbonyl (C=O) groups is 3. The molecular formula is C20H26N2O4. The molecule has 1 aromatic carbocycles. The third-order valence-electron chi connectivity index (χ3n) is 4.97. The van der Waals surface area contributed by atoms with Crippen LogP contribution in [0.2, 0.25) is 0 Å². The highest BCUT2D eigenvalue weighted by molar-refractivity contribution is 5.99. The number of carbonyl (C=O) groups excluding carboxylic acids is 3. The van der Waals surface area contributed by atoms with Gasteiger partial charge in [0, 0.05) is 12.1 Å². The number of likely N-dealkylation sites (tertiary alicyclic amines) is 1. The summed E-state index contributed by atoms with van der Waals surface area (Å²) in [5, 5.41) is 2.87. The maximum absolute atomic E-state index is 13.2. The quantitative estimate of drug-likeness (QED) is 0.871. The Morgan fingerprint density at radius 3 is 2.69 bits per heavy atom. The van der Waals surface area contributed by atoms with Crippen LogP contribution >= 0.6 is 0 Å². The van der Waals surface area contributed by atoms with E-state index in [2.05, 4.69) is 5.32 Å². The summed E-state index contributed by atoms with van der Waals surface area (Å²) in [4.78, 5) is 39.6. The van der Waals surface area contributed by atoms with Crippen LogP contribution in [-0.4, -0.2) is 53.8 Å². The second-order valence-corrected chi connectivity index (χ2v) is 7.46. The third kappa shape index (κ3) is 3.96. The Kier molecular flexibility index (Phi) is 5.71. The van der Waals surface area contributed by atoms with Gasteiger partial charge in [-0.15, -0.1) is 0 Å². The zero-order valence-corrected chi connectivity index (χ0v) is 15.3. The molecule has 0 bridgehead atoms. The molecule has 2 amide bonds. The molecule has 1 unspecified atom stereocenters. The minimum absolute atomic E-state index is 0.0410. The molecule has 2 saturated heterocycles. The van der Waals surface area contributed by atoms with Crippen LogP contribution in [0.3, 0.4) is 0 Å². The number of hydrogen-bond acceptors (Lipinski definition) is 4. The smallest absolute Gasteiger partial charge is 0.251 e. The lowest BCUT2D eigenvalue weighted by Gasteiger charge is -2.37. The molecule has 6 nitrogen and oxygen atoms in total. The Bertz CT molecular complexity index is 674. The first-order valence-electron chi connectivity index (χ1n) is 9.28. The molecule has 2 aliphatic heterocycles. The second-order valence-electron chi connectivity index (χ2n) is 7.46. The van der Waals surface area contributed by atoms with Crippen molar-refractivity contribution in [2.75, 3.05) is 13.2 Å². The SMILES string of the molecule is CC(C)CC(NC(=O)c1ccccc1)C(=O)N1CCC[C@H]2OCC(=O)[C@H]21. The van der Waals surface area contributed by atoms with E-state index in [4.69, 9.17) is 4.74 Å². The van der Waals surface area contributed by atoms with Crippen molar-refractivity contribution < 1.29 is 19.1 Å². The van der Waals surface area contributed by atoms with E-state index < -0.39 is 12.1 Å². The summed E-state index contributed by atoms with van der Waals surface area (Å²) in [7, 11) is 0. The predicted molar refractivity (Wildman–Crippen MR) is 96.6 cm³/mol. The van der Waals surface area contributed by atoms with Gasteiger partial charge in [-0.1, -0.05) is 32.0 Å². The highest BCUT2D eigenvalue weighted by atomic mass is 16.5. The summed E-state index contributed by atoms with van der Waals surface area (Å²) >= 11 is 0. The van der Waals surface area contributed by atoms with Gasteiger partial charge in [0.1, 0.15) is 18.7 Å². The highest BCUT2D eigenvalue weighted by Gasteiger charge is 2.45. The topological polar surface area (TPSA) is 75.7 Å². The number of ketones is 1. The summed E-state index contributed by atoms with van der Waals surface area (Å²) in [6.45, 7) is 4.63. The maximum atomic E-state index is 13.2. The minimum atomic E-state index is -0.644. The van der Waals surface area contributed by atoms with E-state index >= 15 is 0 Å². The summed E-state index contributed by atoms with van der Waals surface area (Å²) in [5.74, 6) is -0.263. The van der Waals surface area contributed by atoms with Gasteiger partial charge in [0.2, 0.25) is 5.91 Å². The molecule has 26 heavy (non-hydrogen) atoms. The fourth-order valence-electron chi connectivity index (χ4n) is 3.76. The van der Waals surface area contributed by atoms with Crippen molar-refractivity contribution >= 4 is 17.6 Å². The van der Waals surface area contributed by atoms with E-state index in [1.807, 2.05) is 19.9 Å². The van der Waals surface area contributed by atoms with Crippen molar-refractivity contribution in [2.45, 2.75) is 51.3 Å². The average molecular weight is 358 g/mol. The first-order chi connectivity index (χ1) is 12.5. The molecule has 3 rings (SSSR count). The number of fused-ring (bicyclic) bond motifs is 1. The summed E-state index contributed by atoms with van der Waals surface area (Å²) in [6.07, 6.45) is 1.93. The fourth-order valence-corrected chi connectivity index (χ4v) is 3.76. The van der Waals surface area contributed by atoms with Crippen molar-refractivity contribution in [1.29, 1.82) is 0 Å². The molecule has 0 aliphatic carbocycles. The zero-order valence-electron chi connectivity index (χ0n) is 15.3. The van der Waals surface area contributed by atoms with E-state index in [1.54, 1.807) is 29.2 Å². The number of amides is 2. The van der Waals surface area contributed by atoms with Crippen LogP contribution in [0.25, 0.3) is 0 Å². The van der Waals surface area contributed by atoms with E-state index in [-0.39, 0.29) is 36.2 Å². The number of nitrogens with one attached hydrogen (secondary N) is 1. The van der Waals surface area contributed by atoms with Gasteiger partial charge in [-0.25, -0.2) is 0 Å². The van der Waals surface area contributed by atoms with E-state index in [0.29, 0.717) is 18.5 Å². The van der Waals surface area contributed by atoms with Crippen molar-refractivity contribution in [2.24, 2.45) is 5.92 Å². The molecule has 3 atom stereocenters. The van der Waals surface area contributed by atoms with Gasteiger partial charge in [0.05, 0.1) is 6.10 Å². The average Bonchev–Trinajstić information content (AvgIpc) is 3.02. The second kappa shape index (κ2) is 7.99. The van der Waals surface area contributed by atoms with E-state index in [1.165, 1.54) is 0 Å². The number of nitrogens with zero attached hydrogens (tertiary/aromatic N) is 1. The Morgan fingerprint density at radius 2 is 2.00 bits per heavy atom. The maximum Gasteiger partial charge on any atom is 0.251 e. The first-order valence-corrected chi connectivity index (χ1v) is 9.28. The molecular weight excluding hydrogens is 332 g/mol. The molecule has 2 fully saturated rings. The molecule has 1 aromatic rings. The largest absolute Gasteiger partial charge is 0.368 e. The first kappa shape index (κ1) is 18.6. The fraction of sp³-hybridized carbons (Fsp3) is 0.550. The lowest BCUT2D eigenvalue weighted by Crippen LogP contribution is -2.58. The van der Waals surface area contributed by atoms with Gasteiger partial charge < -0.3 is 15.0 Å². The number of hydrogen-bond donors (Lipinski definition) is 1. The van der Waals surface area contributed by atoms with Crippen molar-refractivity contribution in [3.05, 3.63) is 35.9 Å². The van der Waals surface area contributed by atoms with Gasteiger partial charge in [-0.05, 0) is 37.3 Å². The van der Waals surface area contributed by atoms with Crippen LogP contribution in [-0.2, 0) is 14.3 Å². The van der Waals surface area contributed by atoms with Crippen LogP contribution in [0.5, 0.6) is 0 Å². The molecule has 0 aromatic heterocycles. The minimum Gasteiger partial charge on any atom is -0.368 e. The zero-order chi connectivity index (χ0) is 18.7. The van der Waals surface area contributed by atoms with Crippen LogP contribution in [0, 0.1) is 5.92 Å². The Morgan fingerprint density at radius 1 is 1.27 bits per heavy atom. The highest BCUT2D eigenvalue weighted by Crippen LogP contribution is 2.27. The molecule has 0 spiro atoms. The lowest BCUT2D eigenvalue weighted by atomic mass is 9.95. The van der Waals surface area contributed by atoms with Gasteiger partial charge in [0.25, 0.3) is 5.91 Å². The number of Topliss-reactive ketones (excluding diaryl/α,β-unsaturated/α-hetero) is 1. The van der Waals surface area contributed by atoms with Gasteiger partial charge in [-0.3, -0.25) is 14.4 Å². The van der Waals surface area contributed by atoms with Crippen molar-refractivity contribution in [1.82, 2.24) is 10.2 Å². The number of benzene rings is 1. The summed E-state index contributed by atoms with van der Waals surface area (Å²) in [6, 6.07) is 7.72. The van der Waals surface area contributed by atoms with Crippen LogP contribution in [0.1, 0.15) is 43.5 Å². The van der Waals surface area contributed by atoms with Gasteiger partial charge in [0.15, 0.2) is 5.78 Å². The van der Waals surface area contributed by atoms with Crippen LogP contribution in [0.15, 0.2) is 30.3 Å². The van der Waals surface area contributed by atoms with Crippen molar-refractivity contribution in [3.8, 4) is 0 Å². The molecule has 6 heteroatoms. The molecule has 2 heterocycles. The Labute approximate surface area is 153 Å². The Hall–Kier alpha value is -2.21. The van der Waals surface area contributed by atoms with Crippen LogP contribution in [0.4, 0.5) is 0 Å². The normalized spacial score (nSPS) is 23.7. The monoisotopic (exact) mass is 358 g/mol. The summed E-state index contributed by atoms with van der Waals surface area (Å²) < 4.78 is 5.53.